The third kappa shape index (κ3) is 3.10. The van der Waals surface area contributed by atoms with Gasteiger partial charge in [0.15, 0.2) is 0 Å². The van der Waals surface area contributed by atoms with Crippen molar-refractivity contribution in [2.24, 2.45) is 23.7 Å². The second kappa shape index (κ2) is 7.22. The zero-order valence-electron chi connectivity index (χ0n) is 15.5. The van der Waals surface area contributed by atoms with Crippen LogP contribution in [0.4, 0.5) is 0 Å². The molecule has 28 heavy (non-hydrogen) atoms. The van der Waals surface area contributed by atoms with Crippen molar-refractivity contribution in [3.05, 3.63) is 48.0 Å². The molecule has 3 aliphatic rings. The molecule has 1 heterocycles. The van der Waals surface area contributed by atoms with Gasteiger partial charge in [0.05, 0.1) is 18.9 Å². The fourth-order valence-electron chi connectivity index (χ4n) is 4.69. The fraction of sp³-hybridized carbons (Fsp3) is 0.429. The van der Waals surface area contributed by atoms with Gasteiger partial charge in [-0.2, -0.15) is 0 Å². The van der Waals surface area contributed by atoms with E-state index in [2.05, 4.69) is 5.32 Å². The highest BCUT2D eigenvalue weighted by Gasteiger charge is 2.59. The number of nitrogens with zero attached hydrogens (tertiary/aromatic N) is 1. The zero-order chi connectivity index (χ0) is 19.8. The van der Waals surface area contributed by atoms with Crippen LogP contribution in [0.1, 0.15) is 12.0 Å². The van der Waals surface area contributed by atoms with Gasteiger partial charge < -0.3 is 10.1 Å². The number of amides is 3. The summed E-state index contributed by atoms with van der Waals surface area (Å²) in [5.74, 6) is -2.16. The van der Waals surface area contributed by atoms with E-state index < -0.39 is 17.9 Å². The van der Waals surface area contributed by atoms with Gasteiger partial charge in [-0.25, -0.2) is 4.79 Å². The summed E-state index contributed by atoms with van der Waals surface area (Å²) in [6.45, 7) is -0.369. The van der Waals surface area contributed by atoms with Gasteiger partial charge >= 0.3 is 5.97 Å². The van der Waals surface area contributed by atoms with E-state index in [0.717, 1.165) is 16.9 Å². The highest BCUT2D eigenvalue weighted by Crippen LogP contribution is 2.52. The van der Waals surface area contributed by atoms with Crippen molar-refractivity contribution in [3.8, 4) is 0 Å². The van der Waals surface area contributed by atoms with Crippen LogP contribution in [-0.4, -0.2) is 48.3 Å². The molecule has 5 atom stereocenters. The highest BCUT2D eigenvalue weighted by molar-refractivity contribution is 6.08. The highest BCUT2D eigenvalue weighted by atomic mass is 16.5. The lowest BCUT2D eigenvalue weighted by Gasteiger charge is -2.20. The van der Waals surface area contributed by atoms with Gasteiger partial charge in [-0.15, -0.1) is 0 Å². The minimum atomic E-state index is -0.884. The number of ether oxygens (including phenoxy) is 1. The van der Waals surface area contributed by atoms with Crippen LogP contribution in [0.2, 0.25) is 0 Å². The topological polar surface area (TPSA) is 92.8 Å². The lowest BCUT2D eigenvalue weighted by Crippen LogP contribution is -2.48. The van der Waals surface area contributed by atoms with Gasteiger partial charge in [0, 0.05) is 6.42 Å². The minimum absolute atomic E-state index is 0.0976. The zero-order valence-corrected chi connectivity index (χ0v) is 15.5. The van der Waals surface area contributed by atoms with Gasteiger partial charge in [-0.05, 0) is 23.8 Å². The molecular formula is C21H22N2O5. The number of esters is 1. The molecule has 2 fully saturated rings. The molecule has 146 valence electrons. The first-order chi connectivity index (χ1) is 13.5. The van der Waals surface area contributed by atoms with Crippen LogP contribution in [0.15, 0.2) is 42.5 Å². The quantitative estimate of drug-likeness (QED) is 0.444. The maximum atomic E-state index is 12.7. The Labute approximate surface area is 162 Å². The second-order valence-corrected chi connectivity index (χ2v) is 7.60. The summed E-state index contributed by atoms with van der Waals surface area (Å²) in [5, 5.41) is 2.61. The van der Waals surface area contributed by atoms with Crippen LogP contribution >= 0.6 is 0 Å². The predicted octanol–water partition coefficient (Wildman–Crippen LogP) is 0.694. The summed E-state index contributed by atoms with van der Waals surface area (Å²) in [6.07, 6.45) is 5.12. The average molecular weight is 382 g/mol. The van der Waals surface area contributed by atoms with Crippen molar-refractivity contribution in [2.75, 3.05) is 13.7 Å². The summed E-state index contributed by atoms with van der Waals surface area (Å²) in [4.78, 5) is 51.0. The molecule has 0 spiro atoms. The number of methoxy groups -OCH3 is 1. The molecule has 1 aromatic rings. The van der Waals surface area contributed by atoms with E-state index in [-0.39, 0.29) is 48.5 Å². The normalized spacial score (nSPS) is 28.4. The van der Waals surface area contributed by atoms with Gasteiger partial charge in [0.2, 0.25) is 17.7 Å². The number of hydrogen-bond donors (Lipinski definition) is 1. The Balaban J connectivity index is 1.42. The van der Waals surface area contributed by atoms with E-state index >= 15 is 0 Å². The maximum absolute atomic E-state index is 12.7. The number of fused-ring (bicyclic) bond motifs is 5. The first kappa shape index (κ1) is 18.4. The largest absolute Gasteiger partial charge is 0.467 e. The number of rotatable bonds is 6. The van der Waals surface area contributed by atoms with Crippen LogP contribution in [0.5, 0.6) is 0 Å². The van der Waals surface area contributed by atoms with E-state index in [1.54, 1.807) is 0 Å². The third-order valence-electron chi connectivity index (χ3n) is 5.97. The molecule has 1 aliphatic heterocycles. The molecule has 2 bridgehead atoms. The summed E-state index contributed by atoms with van der Waals surface area (Å²) >= 11 is 0. The monoisotopic (exact) mass is 382 g/mol. The summed E-state index contributed by atoms with van der Waals surface area (Å²) in [7, 11) is 1.25. The fourth-order valence-corrected chi connectivity index (χ4v) is 4.69. The molecule has 0 radical (unpaired) electrons. The predicted molar refractivity (Wildman–Crippen MR) is 98.5 cm³/mol. The number of nitrogens with one attached hydrogen (secondary N) is 1. The Morgan fingerprint density at radius 3 is 2.29 bits per heavy atom. The van der Waals surface area contributed by atoms with E-state index in [0.29, 0.717) is 0 Å². The Hall–Kier alpha value is -2.96. The van der Waals surface area contributed by atoms with E-state index in [1.807, 2.05) is 42.5 Å². The van der Waals surface area contributed by atoms with Crippen molar-refractivity contribution in [1.82, 2.24) is 10.2 Å². The molecule has 0 aromatic heterocycles. The van der Waals surface area contributed by atoms with Crippen LogP contribution < -0.4 is 5.32 Å². The Morgan fingerprint density at radius 1 is 1.11 bits per heavy atom. The van der Waals surface area contributed by atoms with Crippen molar-refractivity contribution < 1.29 is 23.9 Å². The number of likely N-dealkylation sites (tertiary alicyclic amines) is 1. The molecule has 4 rings (SSSR count). The number of benzene rings is 1. The van der Waals surface area contributed by atoms with Crippen LogP contribution in [0.3, 0.4) is 0 Å². The van der Waals surface area contributed by atoms with Crippen LogP contribution in [0.25, 0.3) is 0 Å². The standard InChI is InChI=1S/C21H22N2O5/c1-28-21(27)15(9-12-5-3-2-4-6-12)22-16(24)11-23-19(25)17-13-7-8-14(10-13)18(17)20(23)26/h2-8,13-15,17-18H,9-11H2,1H3,(H,22,24)/t13-,14+,15-,17?,18?/m0/s1. The Bertz CT molecular complexity index is 820. The maximum Gasteiger partial charge on any atom is 0.328 e. The number of carbonyl (C=O) groups excluding carboxylic acids is 4. The van der Waals surface area contributed by atoms with E-state index in [1.165, 1.54) is 7.11 Å². The Kier molecular flexibility index (Phi) is 4.75. The van der Waals surface area contributed by atoms with Crippen molar-refractivity contribution in [2.45, 2.75) is 18.9 Å². The molecular weight excluding hydrogens is 360 g/mol. The molecule has 3 amide bonds. The van der Waals surface area contributed by atoms with Gasteiger partial charge in [-0.1, -0.05) is 42.5 Å². The molecule has 2 aliphatic carbocycles. The van der Waals surface area contributed by atoms with Crippen molar-refractivity contribution in [3.63, 3.8) is 0 Å². The molecule has 1 saturated carbocycles. The van der Waals surface area contributed by atoms with Gasteiger partial charge in [-0.3, -0.25) is 19.3 Å². The van der Waals surface area contributed by atoms with Gasteiger partial charge in [0.25, 0.3) is 0 Å². The number of allylic oxidation sites excluding steroid dienone is 2. The lowest BCUT2D eigenvalue weighted by atomic mass is 9.85. The minimum Gasteiger partial charge on any atom is -0.467 e. The number of carbonyl (C=O) groups is 4. The van der Waals surface area contributed by atoms with Crippen molar-refractivity contribution in [1.29, 1.82) is 0 Å². The van der Waals surface area contributed by atoms with Crippen LogP contribution in [-0.2, 0) is 30.3 Å². The summed E-state index contributed by atoms with van der Waals surface area (Å²) < 4.78 is 4.79. The summed E-state index contributed by atoms with van der Waals surface area (Å²) in [5.41, 5.74) is 0.865. The molecule has 7 heteroatoms. The smallest absolute Gasteiger partial charge is 0.328 e. The molecule has 1 aromatic carbocycles. The lowest BCUT2D eigenvalue weighted by molar-refractivity contribution is -0.146. The van der Waals surface area contributed by atoms with Gasteiger partial charge in [0.1, 0.15) is 12.6 Å². The number of hydrogen-bond acceptors (Lipinski definition) is 5. The van der Waals surface area contributed by atoms with Crippen molar-refractivity contribution >= 4 is 23.7 Å². The van der Waals surface area contributed by atoms with E-state index in [4.69, 9.17) is 4.74 Å². The first-order valence-electron chi connectivity index (χ1n) is 9.44. The Morgan fingerprint density at radius 2 is 1.71 bits per heavy atom. The molecule has 1 saturated heterocycles. The first-order valence-corrected chi connectivity index (χ1v) is 9.44. The molecule has 7 nitrogen and oxygen atoms in total. The average Bonchev–Trinajstić information content (AvgIpc) is 3.38. The number of imide groups is 1. The SMILES string of the molecule is COC(=O)[C@H](Cc1ccccc1)NC(=O)CN1C(=O)C2C(C1=O)[C@H]1C=C[C@@H]2C1. The van der Waals surface area contributed by atoms with E-state index in [9.17, 15) is 19.2 Å². The second-order valence-electron chi connectivity index (χ2n) is 7.60. The molecule has 1 N–H and O–H groups in total. The van der Waals surface area contributed by atoms with Crippen LogP contribution in [0, 0.1) is 23.7 Å². The molecule has 2 unspecified atom stereocenters. The third-order valence-corrected chi connectivity index (χ3v) is 5.97. The summed E-state index contributed by atoms with van der Waals surface area (Å²) in [6, 6.07) is 8.35.